The molecule has 20 heavy (non-hydrogen) atoms. The molecule has 106 valence electrons. The molecule has 0 fully saturated rings. The van der Waals surface area contributed by atoms with Crippen molar-refractivity contribution in [3.63, 3.8) is 0 Å². The molecule has 0 aliphatic carbocycles. The summed E-state index contributed by atoms with van der Waals surface area (Å²) in [5.74, 6) is 0.982. The van der Waals surface area contributed by atoms with Gasteiger partial charge in [-0.2, -0.15) is 0 Å². The molecule has 2 rings (SSSR count). The molecular weight excluding hydrogens is 256 g/mol. The molecule has 0 saturated heterocycles. The van der Waals surface area contributed by atoms with Crippen molar-refractivity contribution in [2.75, 3.05) is 5.32 Å². The van der Waals surface area contributed by atoms with Crippen LogP contribution in [-0.4, -0.2) is 22.1 Å². The van der Waals surface area contributed by atoms with Gasteiger partial charge in [0.05, 0.1) is 6.04 Å². The number of nitrogens with zero attached hydrogens (tertiary/aromatic N) is 2. The maximum Gasteiger partial charge on any atom is 0.242 e. The summed E-state index contributed by atoms with van der Waals surface area (Å²) in [5.41, 5.74) is 1.04. The highest BCUT2D eigenvalue weighted by atomic mass is 16.5. The Morgan fingerprint density at radius 1 is 1.50 bits per heavy atom. The molecule has 0 bridgehead atoms. The lowest BCUT2D eigenvalue weighted by molar-refractivity contribution is -0.118. The third-order valence-electron chi connectivity index (χ3n) is 2.88. The lowest BCUT2D eigenvalue weighted by Gasteiger charge is -2.15. The number of nitrogens with one attached hydrogen (secondary N) is 2. The predicted octanol–water partition coefficient (Wildman–Crippen LogP) is 1.88. The van der Waals surface area contributed by atoms with Crippen molar-refractivity contribution >= 4 is 11.7 Å². The first-order valence-corrected chi connectivity index (χ1v) is 6.55. The molecule has 2 heterocycles. The molecule has 6 nitrogen and oxygen atoms in total. The van der Waals surface area contributed by atoms with Gasteiger partial charge in [0.1, 0.15) is 5.76 Å². The standard InChI is InChI=1S/C14H18N4O2/c1-3-12(16-9-11-5-4-6-15-8-11)14(19)17-13-7-10(2)20-18-13/h4-8,12,16H,3,9H2,1-2H3,(H,17,18,19)/t12-/m1/s1. The Bertz CT molecular complexity index is 553. The summed E-state index contributed by atoms with van der Waals surface area (Å²) in [6.07, 6.45) is 4.18. The number of amides is 1. The topological polar surface area (TPSA) is 80.0 Å². The second kappa shape index (κ2) is 6.81. The summed E-state index contributed by atoms with van der Waals surface area (Å²) in [7, 11) is 0. The summed E-state index contributed by atoms with van der Waals surface area (Å²) >= 11 is 0. The third kappa shape index (κ3) is 3.89. The largest absolute Gasteiger partial charge is 0.360 e. The Morgan fingerprint density at radius 3 is 2.95 bits per heavy atom. The summed E-state index contributed by atoms with van der Waals surface area (Å²) in [5, 5.41) is 9.68. The molecule has 6 heteroatoms. The van der Waals surface area contributed by atoms with Crippen LogP contribution in [0.3, 0.4) is 0 Å². The van der Waals surface area contributed by atoms with E-state index in [4.69, 9.17) is 4.52 Å². The van der Waals surface area contributed by atoms with E-state index in [2.05, 4.69) is 20.8 Å². The van der Waals surface area contributed by atoms with Crippen molar-refractivity contribution in [2.45, 2.75) is 32.9 Å². The van der Waals surface area contributed by atoms with Gasteiger partial charge >= 0.3 is 0 Å². The van der Waals surface area contributed by atoms with Crippen molar-refractivity contribution in [3.05, 3.63) is 41.9 Å². The first-order valence-electron chi connectivity index (χ1n) is 6.55. The van der Waals surface area contributed by atoms with Crippen LogP contribution in [0, 0.1) is 6.92 Å². The normalized spacial score (nSPS) is 12.1. The summed E-state index contributed by atoms with van der Waals surface area (Å²) < 4.78 is 4.91. The molecule has 0 aromatic carbocycles. The van der Waals surface area contributed by atoms with Gasteiger partial charge in [-0.25, -0.2) is 0 Å². The van der Waals surface area contributed by atoms with Crippen molar-refractivity contribution in [3.8, 4) is 0 Å². The molecule has 0 radical (unpaired) electrons. The predicted molar refractivity (Wildman–Crippen MR) is 75.0 cm³/mol. The Hall–Kier alpha value is -2.21. The molecule has 2 N–H and O–H groups in total. The van der Waals surface area contributed by atoms with E-state index in [1.165, 1.54) is 0 Å². The van der Waals surface area contributed by atoms with E-state index in [-0.39, 0.29) is 11.9 Å². The van der Waals surface area contributed by atoms with Gasteiger partial charge in [0.2, 0.25) is 5.91 Å². The number of aryl methyl sites for hydroxylation is 1. The number of pyridine rings is 1. The molecular formula is C14H18N4O2. The van der Waals surface area contributed by atoms with Crippen molar-refractivity contribution in [1.29, 1.82) is 0 Å². The van der Waals surface area contributed by atoms with Gasteiger partial charge in [0, 0.05) is 25.0 Å². The smallest absolute Gasteiger partial charge is 0.242 e. The van der Waals surface area contributed by atoms with Crippen LogP contribution in [-0.2, 0) is 11.3 Å². The van der Waals surface area contributed by atoms with E-state index in [1.54, 1.807) is 25.4 Å². The minimum Gasteiger partial charge on any atom is -0.360 e. The van der Waals surface area contributed by atoms with Gasteiger partial charge in [-0.3, -0.25) is 9.78 Å². The third-order valence-corrected chi connectivity index (χ3v) is 2.88. The highest BCUT2D eigenvalue weighted by Crippen LogP contribution is 2.08. The van der Waals surface area contributed by atoms with Crippen LogP contribution in [0.1, 0.15) is 24.7 Å². The van der Waals surface area contributed by atoms with E-state index in [1.807, 2.05) is 19.1 Å². The zero-order chi connectivity index (χ0) is 14.4. The van der Waals surface area contributed by atoms with Crippen LogP contribution in [0.15, 0.2) is 35.1 Å². The summed E-state index contributed by atoms with van der Waals surface area (Å²) in [6, 6.07) is 5.24. The minimum absolute atomic E-state index is 0.121. The zero-order valence-electron chi connectivity index (χ0n) is 11.6. The molecule has 0 aliphatic heterocycles. The maximum absolute atomic E-state index is 12.1. The fourth-order valence-corrected chi connectivity index (χ4v) is 1.80. The van der Waals surface area contributed by atoms with Crippen LogP contribution >= 0.6 is 0 Å². The monoisotopic (exact) mass is 274 g/mol. The SMILES string of the molecule is CC[C@@H](NCc1cccnc1)C(=O)Nc1cc(C)on1. The number of aromatic nitrogens is 2. The Kier molecular flexibility index (Phi) is 4.84. The molecule has 0 aliphatic rings. The number of hydrogen-bond donors (Lipinski definition) is 2. The second-order valence-electron chi connectivity index (χ2n) is 4.52. The first-order chi connectivity index (χ1) is 9.69. The fraction of sp³-hybridized carbons (Fsp3) is 0.357. The number of anilines is 1. The van der Waals surface area contributed by atoms with Crippen LogP contribution in [0.2, 0.25) is 0 Å². The molecule has 0 spiro atoms. The van der Waals surface area contributed by atoms with E-state index in [9.17, 15) is 4.79 Å². The van der Waals surface area contributed by atoms with E-state index in [0.29, 0.717) is 24.5 Å². The number of hydrogen-bond acceptors (Lipinski definition) is 5. The van der Waals surface area contributed by atoms with Gasteiger partial charge < -0.3 is 15.2 Å². The highest BCUT2D eigenvalue weighted by Gasteiger charge is 2.17. The maximum atomic E-state index is 12.1. The average molecular weight is 274 g/mol. The van der Waals surface area contributed by atoms with Crippen molar-refractivity contribution in [1.82, 2.24) is 15.5 Å². The van der Waals surface area contributed by atoms with Gasteiger partial charge in [0.15, 0.2) is 5.82 Å². The minimum atomic E-state index is -0.285. The Balaban J connectivity index is 1.89. The highest BCUT2D eigenvalue weighted by molar-refractivity contribution is 5.93. The lowest BCUT2D eigenvalue weighted by atomic mass is 10.2. The van der Waals surface area contributed by atoms with Crippen LogP contribution in [0.5, 0.6) is 0 Å². The number of carbonyl (C=O) groups is 1. The van der Waals surface area contributed by atoms with Gasteiger partial charge in [0.25, 0.3) is 0 Å². The van der Waals surface area contributed by atoms with Gasteiger partial charge in [-0.05, 0) is 25.0 Å². The zero-order valence-corrected chi connectivity index (χ0v) is 11.6. The van der Waals surface area contributed by atoms with Crippen LogP contribution < -0.4 is 10.6 Å². The summed E-state index contributed by atoms with van der Waals surface area (Å²) in [6.45, 7) is 4.33. The van der Waals surface area contributed by atoms with Gasteiger partial charge in [-0.15, -0.1) is 0 Å². The molecule has 2 aromatic heterocycles. The van der Waals surface area contributed by atoms with Crippen molar-refractivity contribution < 1.29 is 9.32 Å². The Labute approximate surface area is 117 Å². The van der Waals surface area contributed by atoms with Crippen LogP contribution in [0.25, 0.3) is 0 Å². The van der Waals surface area contributed by atoms with Crippen LogP contribution in [0.4, 0.5) is 5.82 Å². The van der Waals surface area contributed by atoms with E-state index in [0.717, 1.165) is 5.56 Å². The molecule has 2 aromatic rings. The first kappa shape index (κ1) is 14.2. The lowest BCUT2D eigenvalue weighted by Crippen LogP contribution is -2.39. The Morgan fingerprint density at radius 2 is 2.35 bits per heavy atom. The average Bonchev–Trinajstić information content (AvgIpc) is 2.86. The number of carbonyl (C=O) groups excluding carboxylic acids is 1. The molecule has 1 amide bonds. The summed E-state index contributed by atoms with van der Waals surface area (Å²) in [4.78, 5) is 16.1. The van der Waals surface area contributed by atoms with E-state index >= 15 is 0 Å². The van der Waals surface area contributed by atoms with Crippen molar-refractivity contribution in [2.24, 2.45) is 0 Å². The molecule has 0 unspecified atom stereocenters. The quantitative estimate of drug-likeness (QED) is 0.840. The molecule has 0 saturated carbocycles. The molecule has 1 atom stereocenters. The van der Waals surface area contributed by atoms with E-state index < -0.39 is 0 Å². The fourth-order valence-electron chi connectivity index (χ4n) is 1.80. The number of rotatable bonds is 6. The second-order valence-corrected chi connectivity index (χ2v) is 4.52. The van der Waals surface area contributed by atoms with Gasteiger partial charge in [-0.1, -0.05) is 18.1 Å².